The molecule has 0 radical (unpaired) electrons. The molecule has 116 valence electrons. The summed E-state index contributed by atoms with van der Waals surface area (Å²) in [7, 11) is 0. The van der Waals surface area contributed by atoms with Gasteiger partial charge in [-0.1, -0.05) is 19.1 Å². The van der Waals surface area contributed by atoms with Crippen molar-refractivity contribution in [3.8, 4) is 6.07 Å². The molecular weight excluding hydrogens is 282 g/mol. The first-order chi connectivity index (χ1) is 10.5. The van der Waals surface area contributed by atoms with Crippen LogP contribution >= 0.6 is 0 Å². The predicted octanol–water partition coefficient (Wildman–Crippen LogP) is 2.05. The molecule has 0 spiro atoms. The van der Waals surface area contributed by atoms with Gasteiger partial charge in [0, 0.05) is 17.9 Å². The van der Waals surface area contributed by atoms with Crippen LogP contribution in [0.15, 0.2) is 36.0 Å². The van der Waals surface area contributed by atoms with E-state index in [2.05, 4.69) is 10.6 Å². The number of carboxylic acid groups (broad SMARTS) is 1. The summed E-state index contributed by atoms with van der Waals surface area (Å²) in [6.07, 6.45) is 2.07. The van der Waals surface area contributed by atoms with Crippen molar-refractivity contribution >= 4 is 17.6 Å². The number of hydrogen-bond acceptors (Lipinski definition) is 4. The van der Waals surface area contributed by atoms with Crippen molar-refractivity contribution < 1.29 is 14.7 Å². The minimum atomic E-state index is -0.894. The lowest BCUT2D eigenvalue weighted by Gasteiger charge is -2.10. The van der Waals surface area contributed by atoms with Crippen molar-refractivity contribution in [2.75, 3.05) is 5.32 Å². The predicted molar refractivity (Wildman–Crippen MR) is 83.0 cm³/mol. The molecule has 1 aromatic rings. The van der Waals surface area contributed by atoms with E-state index in [9.17, 15) is 9.59 Å². The molecule has 6 heteroatoms. The first-order valence-corrected chi connectivity index (χ1v) is 6.94. The average molecular weight is 301 g/mol. The number of carbonyl (C=O) groups is 2. The molecule has 22 heavy (non-hydrogen) atoms. The van der Waals surface area contributed by atoms with E-state index in [0.717, 1.165) is 6.42 Å². The Balaban J connectivity index is 2.70. The van der Waals surface area contributed by atoms with E-state index in [1.54, 1.807) is 24.3 Å². The number of amides is 1. The van der Waals surface area contributed by atoms with E-state index >= 15 is 0 Å². The highest BCUT2D eigenvalue weighted by atomic mass is 16.4. The van der Waals surface area contributed by atoms with Crippen LogP contribution in [-0.2, 0) is 16.0 Å². The fourth-order valence-electron chi connectivity index (χ4n) is 1.60. The third kappa shape index (κ3) is 5.67. The van der Waals surface area contributed by atoms with Gasteiger partial charge in [0.05, 0.1) is 6.42 Å². The van der Waals surface area contributed by atoms with Gasteiger partial charge < -0.3 is 15.7 Å². The molecular formula is C16H19N3O3. The SMILES string of the molecule is CCC(C)NC(=O)/C(C#N)=C\Nc1ccc(CC(=O)O)cc1. The Labute approximate surface area is 129 Å². The number of aliphatic carboxylic acids is 1. The summed E-state index contributed by atoms with van der Waals surface area (Å²) in [6.45, 7) is 3.80. The maximum absolute atomic E-state index is 11.8. The normalized spacial score (nSPS) is 12.1. The molecule has 0 saturated carbocycles. The van der Waals surface area contributed by atoms with Crippen molar-refractivity contribution in [2.45, 2.75) is 32.7 Å². The molecule has 1 aromatic carbocycles. The average Bonchev–Trinajstić information content (AvgIpc) is 2.48. The van der Waals surface area contributed by atoms with Crippen LogP contribution < -0.4 is 10.6 Å². The molecule has 3 N–H and O–H groups in total. The summed E-state index contributed by atoms with van der Waals surface area (Å²) in [5.74, 6) is -1.32. The second-order valence-corrected chi connectivity index (χ2v) is 4.86. The third-order valence-electron chi connectivity index (χ3n) is 3.05. The molecule has 0 aromatic heterocycles. The zero-order valence-corrected chi connectivity index (χ0v) is 12.6. The minimum absolute atomic E-state index is 0.000415. The fourth-order valence-corrected chi connectivity index (χ4v) is 1.60. The smallest absolute Gasteiger partial charge is 0.307 e. The Morgan fingerprint density at radius 1 is 1.36 bits per heavy atom. The number of nitriles is 1. The highest BCUT2D eigenvalue weighted by molar-refractivity contribution is 5.97. The van der Waals surface area contributed by atoms with Crippen molar-refractivity contribution in [3.63, 3.8) is 0 Å². The highest BCUT2D eigenvalue weighted by Crippen LogP contribution is 2.11. The van der Waals surface area contributed by atoms with Crippen LogP contribution in [0, 0.1) is 11.3 Å². The van der Waals surface area contributed by atoms with Gasteiger partial charge in [0.2, 0.25) is 0 Å². The van der Waals surface area contributed by atoms with Gasteiger partial charge in [-0.3, -0.25) is 9.59 Å². The van der Waals surface area contributed by atoms with Crippen LogP contribution in [0.1, 0.15) is 25.8 Å². The van der Waals surface area contributed by atoms with E-state index in [1.807, 2.05) is 19.9 Å². The number of carboxylic acids is 1. The topological polar surface area (TPSA) is 102 Å². The lowest BCUT2D eigenvalue weighted by molar-refractivity contribution is -0.136. The number of benzene rings is 1. The zero-order chi connectivity index (χ0) is 16.5. The van der Waals surface area contributed by atoms with Crippen molar-refractivity contribution in [2.24, 2.45) is 0 Å². The quantitative estimate of drug-likeness (QED) is 0.528. The third-order valence-corrected chi connectivity index (χ3v) is 3.05. The molecule has 0 bridgehead atoms. The summed E-state index contributed by atoms with van der Waals surface area (Å²) >= 11 is 0. The summed E-state index contributed by atoms with van der Waals surface area (Å²) in [4.78, 5) is 22.4. The molecule has 0 aliphatic heterocycles. The van der Waals surface area contributed by atoms with Crippen molar-refractivity contribution in [1.82, 2.24) is 5.32 Å². The number of nitrogens with zero attached hydrogens (tertiary/aromatic N) is 1. The molecule has 1 unspecified atom stereocenters. The van der Waals surface area contributed by atoms with Gasteiger partial charge in [-0.15, -0.1) is 0 Å². The number of carbonyl (C=O) groups excluding carboxylic acids is 1. The Morgan fingerprint density at radius 2 is 2.00 bits per heavy atom. The number of hydrogen-bond donors (Lipinski definition) is 3. The summed E-state index contributed by atoms with van der Waals surface area (Å²) in [5, 5.41) is 23.3. The second-order valence-electron chi connectivity index (χ2n) is 4.86. The van der Waals surface area contributed by atoms with E-state index < -0.39 is 11.9 Å². The summed E-state index contributed by atoms with van der Waals surface area (Å²) in [5.41, 5.74) is 1.32. The van der Waals surface area contributed by atoms with E-state index in [1.165, 1.54) is 6.20 Å². The van der Waals surface area contributed by atoms with Crippen LogP contribution in [0.4, 0.5) is 5.69 Å². The van der Waals surface area contributed by atoms with E-state index in [-0.39, 0.29) is 18.0 Å². The van der Waals surface area contributed by atoms with Gasteiger partial charge >= 0.3 is 5.97 Å². The summed E-state index contributed by atoms with van der Waals surface area (Å²) in [6, 6.07) is 8.58. The Kier molecular flexibility index (Phi) is 6.64. The summed E-state index contributed by atoms with van der Waals surface area (Å²) < 4.78 is 0. The van der Waals surface area contributed by atoms with Crippen LogP contribution in [0.3, 0.4) is 0 Å². The van der Waals surface area contributed by atoms with Crippen LogP contribution in [0.25, 0.3) is 0 Å². The maximum Gasteiger partial charge on any atom is 0.307 e. The molecule has 0 aliphatic rings. The highest BCUT2D eigenvalue weighted by Gasteiger charge is 2.11. The lowest BCUT2D eigenvalue weighted by Crippen LogP contribution is -2.33. The molecule has 6 nitrogen and oxygen atoms in total. The fraction of sp³-hybridized carbons (Fsp3) is 0.312. The minimum Gasteiger partial charge on any atom is -0.481 e. The van der Waals surface area contributed by atoms with Gasteiger partial charge in [0.1, 0.15) is 11.6 Å². The number of anilines is 1. The number of nitrogens with one attached hydrogen (secondary N) is 2. The van der Waals surface area contributed by atoms with Gasteiger partial charge in [-0.05, 0) is 31.0 Å². The van der Waals surface area contributed by atoms with Crippen LogP contribution in [-0.4, -0.2) is 23.0 Å². The maximum atomic E-state index is 11.8. The van der Waals surface area contributed by atoms with Crippen molar-refractivity contribution in [3.05, 3.63) is 41.6 Å². The second kappa shape index (κ2) is 8.47. The van der Waals surface area contributed by atoms with Crippen LogP contribution in [0.2, 0.25) is 0 Å². The van der Waals surface area contributed by atoms with Crippen molar-refractivity contribution in [1.29, 1.82) is 5.26 Å². The first-order valence-electron chi connectivity index (χ1n) is 6.94. The molecule has 0 aliphatic carbocycles. The van der Waals surface area contributed by atoms with E-state index in [4.69, 9.17) is 10.4 Å². The van der Waals surface area contributed by atoms with Crippen LogP contribution in [0.5, 0.6) is 0 Å². The Bertz CT molecular complexity index is 600. The first kappa shape index (κ1) is 17.2. The molecule has 1 rings (SSSR count). The standard InChI is InChI=1S/C16H19N3O3/c1-3-11(2)19-16(22)13(9-17)10-18-14-6-4-12(5-7-14)8-15(20)21/h4-7,10-11,18H,3,8H2,1-2H3,(H,19,22)(H,20,21)/b13-10-. The van der Waals surface area contributed by atoms with E-state index in [0.29, 0.717) is 11.3 Å². The molecule has 1 atom stereocenters. The van der Waals surface area contributed by atoms with Gasteiger partial charge in [0.25, 0.3) is 5.91 Å². The molecule has 1 amide bonds. The lowest BCUT2D eigenvalue weighted by atomic mass is 10.1. The molecule has 0 saturated heterocycles. The monoisotopic (exact) mass is 301 g/mol. The molecule has 0 heterocycles. The number of rotatable bonds is 7. The van der Waals surface area contributed by atoms with Gasteiger partial charge in [-0.2, -0.15) is 5.26 Å². The Hall–Kier alpha value is -2.81. The molecule has 0 fully saturated rings. The Morgan fingerprint density at radius 3 is 2.50 bits per heavy atom. The van der Waals surface area contributed by atoms with Gasteiger partial charge in [0.15, 0.2) is 0 Å². The van der Waals surface area contributed by atoms with Gasteiger partial charge in [-0.25, -0.2) is 0 Å². The largest absolute Gasteiger partial charge is 0.481 e. The zero-order valence-electron chi connectivity index (χ0n) is 12.6.